The Morgan fingerprint density at radius 2 is 1.39 bits per heavy atom. The van der Waals surface area contributed by atoms with E-state index in [4.69, 9.17) is 5.73 Å². The molecule has 2 nitrogen and oxygen atoms in total. The van der Waals surface area contributed by atoms with E-state index in [1.807, 2.05) is 0 Å². The third-order valence-corrected chi connectivity index (χ3v) is 10.1. The smallest absolute Gasteiger partial charge is 0.0123 e. The van der Waals surface area contributed by atoms with Gasteiger partial charge in [-0.15, -0.1) is 0 Å². The highest BCUT2D eigenvalue weighted by Gasteiger charge is 2.44. The summed E-state index contributed by atoms with van der Waals surface area (Å²) in [7, 11) is 0. The molecule has 182 valence electrons. The average Bonchev–Trinajstić information content (AvgIpc) is 3.16. The van der Waals surface area contributed by atoms with Crippen molar-refractivity contribution < 1.29 is 0 Å². The summed E-state index contributed by atoms with van der Waals surface area (Å²) in [5.41, 5.74) is 6.62. The number of hydrogen-bond donors (Lipinski definition) is 2. The summed E-state index contributed by atoms with van der Waals surface area (Å²) in [5.74, 6) is 7.68. The van der Waals surface area contributed by atoms with Crippen LogP contribution in [-0.4, -0.2) is 18.1 Å². The number of nitrogens with two attached hydrogens (primary N) is 1. The molecule has 0 aliphatic heterocycles. The van der Waals surface area contributed by atoms with Crippen LogP contribution in [-0.2, 0) is 0 Å². The van der Waals surface area contributed by atoms with Crippen LogP contribution in [0.15, 0.2) is 0 Å². The van der Waals surface area contributed by atoms with Crippen molar-refractivity contribution in [3.05, 3.63) is 0 Å². The van der Waals surface area contributed by atoms with Crippen LogP contribution in [0.2, 0.25) is 0 Å². The summed E-state index contributed by atoms with van der Waals surface area (Å²) in [6.07, 6.45) is 14.2. The van der Waals surface area contributed by atoms with Crippen molar-refractivity contribution in [2.75, 3.05) is 0 Å². The molecule has 0 aromatic rings. The van der Waals surface area contributed by atoms with Crippen molar-refractivity contribution in [3.8, 4) is 0 Å². The van der Waals surface area contributed by atoms with Crippen molar-refractivity contribution in [2.24, 2.45) is 59.0 Å². The summed E-state index contributed by atoms with van der Waals surface area (Å²) in [5, 5.41) is 4.27. The van der Waals surface area contributed by atoms with E-state index in [1.54, 1.807) is 0 Å². The summed E-state index contributed by atoms with van der Waals surface area (Å²) in [6, 6.07) is 1.61. The highest BCUT2D eigenvalue weighted by molar-refractivity contribution is 4.97. The van der Waals surface area contributed by atoms with E-state index in [0.29, 0.717) is 24.0 Å². The topological polar surface area (TPSA) is 38.0 Å². The summed E-state index contributed by atoms with van der Waals surface area (Å²) >= 11 is 0. The van der Waals surface area contributed by atoms with Crippen molar-refractivity contribution in [3.63, 3.8) is 0 Å². The predicted octanol–water partition coefficient (Wildman–Crippen LogP) is 7.27. The summed E-state index contributed by atoms with van der Waals surface area (Å²) in [4.78, 5) is 0. The highest BCUT2D eigenvalue weighted by Crippen LogP contribution is 2.49. The van der Waals surface area contributed by atoms with Gasteiger partial charge in [0.05, 0.1) is 0 Å². The van der Waals surface area contributed by atoms with Gasteiger partial charge in [0.1, 0.15) is 0 Å². The van der Waals surface area contributed by atoms with E-state index in [-0.39, 0.29) is 0 Å². The number of nitrogens with one attached hydrogen (secondary N) is 1. The molecular weight excluding hydrogens is 376 g/mol. The Bertz CT molecular complexity index is 521. The first kappa shape index (κ1) is 25.5. The second-order valence-electron chi connectivity index (χ2n) is 13.0. The van der Waals surface area contributed by atoms with Crippen molar-refractivity contribution in [1.82, 2.24) is 5.32 Å². The fourth-order valence-corrected chi connectivity index (χ4v) is 8.36. The Balaban J connectivity index is 1.69. The van der Waals surface area contributed by atoms with Gasteiger partial charge in [-0.25, -0.2) is 0 Å². The van der Waals surface area contributed by atoms with Crippen LogP contribution in [0.4, 0.5) is 0 Å². The van der Waals surface area contributed by atoms with Crippen LogP contribution in [0, 0.1) is 53.3 Å². The average molecular weight is 433 g/mol. The predicted molar refractivity (Wildman–Crippen MR) is 136 cm³/mol. The second-order valence-corrected chi connectivity index (χ2v) is 13.0. The summed E-state index contributed by atoms with van der Waals surface area (Å²) in [6.45, 7) is 17.1. The van der Waals surface area contributed by atoms with E-state index in [2.05, 4.69) is 53.8 Å². The van der Waals surface area contributed by atoms with E-state index in [1.165, 1.54) is 64.2 Å². The molecule has 11 atom stereocenters. The zero-order valence-corrected chi connectivity index (χ0v) is 22.1. The van der Waals surface area contributed by atoms with Gasteiger partial charge >= 0.3 is 0 Å². The maximum absolute atomic E-state index is 6.62. The Labute approximate surface area is 195 Å². The standard InChI is InChI=1S/C29H56N2/c1-8-21(5)29(24-11-9-10-18(2)13-24)31-23(7)28-17-26(16-27(28)22(6)30)25-14-19(3)12-20(4)15-25/h18-29,31H,8-17,30H2,1-7H3. The molecule has 2 heteroatoms. The third-order valence-electron chi connectivity index (χ3n) is 10.1. The zero-order valence-electron chi connectivity index (χ0n) is 22.1. The fourth-order valence-electron chi connectivity index (χ4n) is 8.36. The number of rotatable bonds is 8. The molecule has 3 rings (SSSR count). The molecule has 0 spiro atoms. The molecule has 3 saturated carbocycles. The minimum atomic E-state index is 0.328. The maximum atomic E-state index is 6.62. The molecular formula is C29H56N2. The lowest BCUT2D eigenvalue weighted by Gasteiger charge is -2.41. The molecule has 0 amide bonds. The molecule has 3 N–H and O–H groups in total. The minimum Gasteiger partial charge on any atom is -0.328 e. The van der Waals surface area contributed by atoms with E-state index >= 15 is 0 Å². The Hall–Kier alpha value is -0.0800. The normalized spacial score (nSPS) is 43.4. The molecule has 0 aromatic heterocycles. The van der Waals surface area contributed by atoms with Gasteiger partial charge in [-0.2, -0.15) is 0 Å². The van der Waals surface area contributed by atoms with Crippen molar-refractivity contribution >= 4 is 0 Å². The van der Waals surface area contributed by atoms with Gasteiger partial charge in [-0.3, -0.25) is 0 Å². The van der Waals surface area contributed by atoms with Crippen LogP contribution >= 0.6 is 0 Å². The molecule has 31 heavy (non-hydrogen) atoms. The first-order chi connectivity index (χ1) is 14.7. The van der Waals surface area contributed by atoms with Gasteiger partial charge in [0.15, 0.2) is 0 Å². The zero-order chi connectivity index (χ0) is 22.7. The van der Waals surface area contributed by atoms with Gasteiger partial charge in [0.25, 0.3) is 0 Å². The largest absolute Gasteiger partial charge is 0.328 e. The lowest BCUT2D eigenvalue weighted by atomic mass is 9.70. The molecule has 0 radical (unpaired) electrons. The quantitative estimate of drug-likeness (QED) is 0.423. The van der Waals surface area contributed by atoms with Crippen LogP contribution < -0.4 is 11.1 Å². The third kappa shape index (κ3) is 6.50. The maximum Gasteiger partial charge on any atom is 0.0123 e. The van der Waals surface area contributed by atoms with Crippen LogP contribution in [0.5, 0.6) is 0 Å². The SMILES string of the molecule is CCC(C)C(NC(C)C1CC(C2CC(C)CC(C)C2)CC1C(C)N)C1CCCC(C)C1. The molecule has 11 unspecified atom stereocenters. The highest BCUT2D eigenvalue weighted by atomic mass is 15.0. The van der Waals surface area contributed by atoms with E-state index in [0.717, 1.165) is 47.3 Å². The van der Waals surface area contributed by atoms with Gasteiger partial charge < -0.3 is 11.1 Å². The molecule has 3 aliphatic rings. The fraction of sp³-hybridized carbons (Fsp3) is 1.00. The van der Waals surface area contributed by atoms with Gasteiger partial charge in [0, 0.05) is 18.1 Å². The van der Waals surface area contributed by atoms with E-state index < -0.39 is 0 Å². The molecule has 3 fully saturated rings. The van der Waals surface area contributed by atoms with Crippen molar-refractivity contribution in [1.29, 1.82) is 0 Å². The molecule has 0 bridgehead atoms. The minimum absolute atomic E-state index is 0.328. The van der Waals surface area contributed by atoms with Gasteiger partial charge in [-0.05, 0) is 112 Å². The first-order valence-corrected chi connectivity index (χ1v) is 14.2. The summed E-state index contributed by atoms with van der Waals surface area (Å²) < 4.78 is 0. The Kier molecular flexibility index (Phi) is 9.37. The molecule has 0 heterocycles. The molecule has 0 saturated heterocycles. The van der Waals surface area contributed by atoms with Crippen LogP contribution in [0.25, 0.3) is 0 Å². The Morgan fingerprint density at radius 3 is 1.97 bits per heavy atom. The Morgan fingerprint density at radius 1 is 0.774 bits per heavy atom. The molecule has 3 aliphatic carbocycles. The van der Waals surface area contributed by atoms with Gasteiger partial charge in [0.2, 0.25) is 0 Å². The van der Waals surface area contributed by atoms with Crippen LogP contribution in [0.3, 0.4) is 0 Å². The molecule has 0 aromatic carbocycles. The van der Waals surface area contributed by atoms with Gasteiger partial charge in [-0.1, -0.05) is 53.9 Å². The number of hydrogen-bond acceptors (Lipinski definition) is 2. The lowest BCUT2D eigenvalue weighted by molar-refractivity contribution is 0.144. The van der Waals surface area contributed by atoms with Crippen molar-refractivity contribution in [2.45, 2.75) is 131 Å². The van der Waals surface area contributed by atoms with E-state index in [9.17, 15) is 0 Å². The lowest BCUT2D eigenvalue weighted by Crippen LogP contribution is -2.50. The van der Waals surface area contributed by atoms with Crippen LogP contribution in [0.1, 0.15) is 113 Å². The second kappa shape index (κ2) is 11.4. The first-order valence-electron chi connectivity index (χ1n) is 14.2. The monoisotopic (exact) mass is 432 g/mol.